The average Bonchev–Trinajstić information content (AvgIpc) is 3.23. The molecule has 8 heteroatoms. The minimum Gasteiger partial charge on any atom is -0.345 e. The van der Waals surface area contributed by atoms with Gasteiger partial charge in [-0.3, -0.25) is 9.59 Å². The van der Waals surface area contributed by atoms with Crippen molar-refractivity contribution in [2.75, 3.05) is 45.6 Å². The van der Waals surface area contributed by atoms with Gasteiger partial charge < -0.3 is 20.0 Å². The number of hydrogen-bond acceptors (Lipinski definition) is 3. The van der Waals surface area contributed by atoms with Crippen LogP contribution in [0.3, 0.4) is 0 Å². The number of urea groups is 1. The molecule has 7 nitrogen and oxygen atoms in total. The van der Waals surface area contributed by atoms with Gasteiger partial charge in [0.15, 0.2) is 0 Å². The molecule has 1 aromatic rings. The lowest BCUT2D eigenvalue weighted by Gasteiger charge is -2.34. The van der Waals surface area contributed by atoms with Gasteiger partial charge >= 0.3 is 6.03 Å². The first-order valence-electron chi connectivity index (χ1n) is 9.72. The second kappa shape index (κ2) is 8.82. The number of benzene rings is 1. The van der Waals surface area contributed by atoms with Crippen LogP contribution in [0.4, 0.5) is 10.5 Å². The van der Waals surface area contributed by atoms with E-state index in [1.807, 2.05) is 9.80 Å². The molecular formula is C20H27ClN4O3. The van der Waals surface area contributed by atoms with Crippen molar-refractivity contribution in [2.45, 2.75) is 25.7 Å². The number of hydrogen-bond donors (Lipinski definition) is 1. The molecule has 0 saturated carbocycles. The van der Waals surface area contributed by atoms with Gasteiger partial charge in [0.2, 0.25) is 5.91 Å². The van der Waals surface area contributed by atoms with Crippen LogP contribution in [0.15, 0.2) is 18.2 Å². The molecule has 1 N–H and O–H groups in total. The molecule has 28 heavy (non-hydrogen) atoms. The summed E-state index contributed by atoms with van der Waals surface area (Å²) in [7, 11) is 3.31. The highest BCUT2D eigenvalue weighted by Crippen LogP contribution is 2.25. The largest absolute Gasteiger partial charge is 0.345 e. The Morgan fingerprint density at radius 3 is 2.25 bits per heavy atom. The molecule has 2 aliphatic heterocycles. The number of piperidine rings is 1. The highest BCUT2D eigenvalue weighted by Gasteiger charge is 2.30. The average molecular weight is 407 g/mol. The molecule has 0 bridgehead atoms. The van der Waals surface area contributed by atoms with Crippen molar-refractivity contribution in [1.29, 1.82) is 0 Å². The lowest BCUT2D eigenvalue weighted by Crippen LogP contribution is -2.47. The van der Waals surface area contributed by atoms with Gasteiger partial charge in [-0.05, 0) is 43.9 Å². The highest BCUT2D eigenvalue weighted by molar-refractivity contribution is 6.34. The van der Waals surface area contributed by atoms with E-state index in [9.17, 15) is 14.4 Å². The van der Waals surface area contributed by atoms with Crippen LogP contribution in [-0.2, 0) is 4.79 Å². The minimum absolute atomic E-state index is 0.0844. The molecule has 0 aromatic heterocycles. The zero-order valence-corrected chi connectivity index (χ0v) is 17.2. The van der Waals surface area contributed by atoms with Crippen LogP contribution in [0.25, 0.3) is 0 Å². The Hall–Kier alpha value is -2.28. The number of anilines is 1. The normalized spacial score (nSPS) is 17.5. The minimum atomic E-state index is -0.213. The van der Waals surface area contributed by atoms with Crippen molar-refractivity contribution < 1.29 is 14.4 Å². The van der Waals surface area contributed by atoms with Gasteiger partial charge in [-0.15, -0.1) is 0 Å². The number of nitrogens with zero attached hydrogens (tertiary/aromatic N) is 3. The molecule has 2 heterocycles. The summed E-state index contributed by atoms with van der Waals surface area (Å²) < 4.78 is 0. The van der Waals surface area contributed by atoms with Gasteiger partial charge in [-0.25, -0.2) is 4.79 Å². The zero-order valence-electron chi connectivity index (χ0n) is 16.4. The number of likely N-dealkylation sites (tertiary alicyclic amines) is 2. The van der Waals surface area contributed by atoms with Gasteiger partial charge in [0, 0.05) is 51.9 Å². The fraction of sp³-hybridized carbons (Fsp3) is 0.550. The maximum Gasteiger partial charge on any atom is 0.319 e. The smallest absolute Gasteiger partial charge is 0.319 e. The molecule has 2 aliphatic rings. The van der Waals surface area contributed by atoms with Crippen LogP contribution in [0.1, 0.15) is 36.0 Å². The van der Waals surface area contributed by atoms with Crippen molar-refractivity contribution in [1.82, 2.24) is 14.7 Å². The fourth-order valence-corrected chi connectivity index (χ4v) is 3.89. The quantitative estimate of drug-likeness (QED) is 0.838. The first-order chi connectivity index (χ1) is 13.4. The number of nitrogens with one attached hydrogen (secondary N) is 1. The van der Waals surface area contributed by atoms with E-state index in [0.29, 0.717) is 42.2 Å². The first-order valence-corrected chi connectivity index (χ1v) is 10.1. The maximum absolute atomic E-state index is 12.6. The third-order valence-corrected chi connectivity index (χ3v) is 5.71. The van der Waals surface area contributed by atoms with E-state index in [-0.39, 0.29) is 23.8 Å². The zero-order chi connectivity index (χ0) is 20.3. The molecule has 3 rings (SSSR count). The van der Waals surface area contributed by atoms with E-state index in [4.69, 9.17) is 11.6 Å². The van der Waals surface area contributed by atoms with Crippen molar-refractivity contribution in [3.63, 3.8) is 0 Å². The van der Waals surface area contributed by atoms with E-state index in [2.05, 4.69) is 5.32 Å². The summed E-state index contributed by atoms with van der Waals surface area (Å²) in [4.78, 5) is 42.5. The third kappa shape index (κ3) is 4.58. The van der Waals surface area contributed by atoms with Crippen LogP contribution < -0.4 is 5.32 Å². The molecule has 1 aromatic carbocycles. The highest BCUT2D eigenvalue weighted by atomic mass is 35.5. The van der Waals surface area contributed by atoms with Gasteiger partial charge in [-0.1, -0.05) is 11.6 Å². The standard InChI is InChI=1S/C20H27ClN4O3/c1-23(2)19(27)16-13-15(5-6-17(16)21)22-18(26)14-7-11-25(12-8-14)20(28)24-9-3-4-10-24/h5-6,13-14H,3-4,7-12H2,1-2H3,(H,22,26). The topological polar surface area (TPSA) is 73.0 Å². The third-order valence-electron chi connectivity index (χ3n) is 5.38. The summed E-state index contributed by atoms with van der Waals surface area (Å²) in [5.41, 5.74) is 0.908. The lowest BCUT2D eigenvalue weighted by atomic mass is 9.96. The monoisotopic (exact) mass is 406 g/mol. The van der Waals surface area contributed by atoms with Crippen molar-refractivity contribution in [3.05, 3.63) is 28.8 Å². The Bertz CT molecular complexity index is 754. The van der Waals surface area contributed by atoms with Crippen LogP contribution in [-0.4, -0.2) is 72.8 Å². The van der Waals surface area contributed by atoms with E-state index >= 15 is 0 Å². The number of halogens is 1. The lowest BCUT2D eigenvalue weighted by molar-refractivity contribution is -0.121. The first kappa shape index (κ1) is 20.5. The van der Waals surface area contributed by atoms with Crippen molar-refractivity contribution >= 4 is 35.1 Å². The van der Waals surface area contributed by atoms with E-state index in [0.717, 1.165) is 25.9 Å². The predicted molar refractivity (Wildman–Crippen MR) is 109 cm³/mol. The Kier molecular flexibility index (Phi) is 6.44. The second-order valence-corrected chi connectivity index (χ2v) is 8.03. The summed E-state index contributed by atoms with van der Waals surface area (Å²) in [6.45, 7) is 2.87. The molecule has 4 amide bonds. The Morgan fingerprint density at radius 2 is 1.64 bits per heavy atom. The number of carbonyl (C=O) groups excluding carboxylic acids is 3. The van der Waals surface area contributed by atoms with Gasteiger partial charge in [-0.2, -0.15) is 0 Å². The molecule has 0 radical (unpaired) electrons. The summed E-state index contributed by atoms with van der Waals surface area (Å²) >= 11 is 6.12. The molecule has 152 valence electrons. The Labute approximate surface area is 170 Å². The maximum atomic E-state index is 12.6. The number of carbonyl (C=O) groups is 3. The van der Waals surface area contributed by atoms with E-state index in [1.165, 1.54) is 4.90 Å². The Morgan fingerprint density at radius 1 is 1.04 bits per heavy atom. The summed E-state index contributed by atoms with van der Waals surface area (Å²) in [5.74, 6) is -0.444. The number of amides is 4. The molecule has 2 saturated heterocycles. The molecular weight excluding hydrogens is 380 g/mol. The number of rotatable bonds is 3. The van der Waals surface area contributed by atoms with Crippen molar-refractivity contribution in [3.8, 4) is 0 Å². The summed E-state index contributed by atoms with van der Waals surface area (Å²) in [6, 6.07) is 5.01. The molecule has 0 aliphatic carbocycles. The Balaban J connectivity index is 1.56. The molecule has 0 unspecified atom stereocenters. The predicted octanol–water partition coefficient (Wildman–Crippen LogP) is 2.91. The van der Waals surface area contributed by atoms with Crippen molar-refractivity contribution in [2.24, 2.45) is 5.92 Å². The van der Waals surface area contributed by atoms with Crippen LogP contribution in [0, 0.1) is 5.92 Å². The summed E-state index contributed by atoms with van der Waals surface area (Å²) in [6.07, 6.45) is 3.43. The van der Waals surface area contributed by atoms with Gasteiger partial charge in [0.1, 0.15) is 0 Å². The molecule has 2 fully saturated rings. The van der Waals surface area contributed by atoms with E-state index in [1.54, 1.807) is 32.3 Å². The van der Waals surface area contributed by atoms with Crippen LogP contribution in [0.2, 0.25) is 5.02 Å². The molecule has 0 atom stereocenters. The summed E-state index contributed by atoms with van der Waals surface area (Å²) in [5, 5.41) is 3.24. The van der Waals surface area contributed by atoms with Crippen LogP contribution >= 0.6 is 11.6 Å². The van der Waals surface area contributed by atoms with E-state index < -0.39 is 0 Å². The SMILES string of the molecule is CN(C)C(=O)c1cc(NC(=O)C2CCN(C(=O)N3CCCC3)CC2)ccc1Cl. The molecule has 0 spiro atoms. The van der Waals surface area contributed by atoms with Gasteiger partial charge in [0.05, 0.1) is 10.6 Å². The van der Waals surface area contributed by atoms with Crippen LogP contribution in [0.5, 0.6) is 0 Å². The van der Waals surface area contributed by atoms with Gasteiger partial charge in [0.25, 0.3) is 5.91 Å². The fourth-order valence-electron chi connectivity index (χ4n) is 3.69. The second-order valence-electron chi connectivity index (χ2n) is 7.62.